The highest BCUT2D eigenvalue weighted by Gasteiger charge is 2.32. The van der Waals surface area contributed by atoms with Crippen LogP contribution in [0.3, 0.4) is 0 Å². The van der Waals surface area contributed by atoms with Gasteiger partial charge in [0.25, 0.3) is 0 Å². The normalized spacial score (nSPS) is 23.1. The van der Waals surface area contributed by atoms with Crippen LogP contribution < -0.4 is 15.0 Å². The molecule has 0 spiro atoms. The zero-order chi connectivity index (χ0) is 24.5. The summed E-state index contributed by atoms with van der Waals surface area (Å²) >= 11 is 0. The summed E-state index contributed by atoms with van der Waals surface area (Å²) in [5.74, 6) is 0.754. The van der Waals surface area contributed by atoms with Crippen molar-refractivity contribution in [2.24, 2.45) is 0 Å². The van der Waals surface area contributed by atoms with Crippen LogP contribution >= 0.6 is 0 Å². The second kappa shape index (κ2) is 9.93. The molecule has 2 aliphatic heterocycles. The van der Waals surface area contributed by atoms with E-state index in [2.05, 4.69) is 10.4 Å². The molecule has 1 unspecified atom stereocenters. The SMILES string of the molecule is COC(O)N1c2ccc(-c3cnn([C@@H]4CCNC[C@H]4F)c3)c(Oc3ccc(F)cc3)c2CC[C@@H]1C. The molecule has 186 valence electrons. The molecule has 2 aromatic carbocycles. The van der Waals surface area contributed by atoms with Crippen LogP contribution in [0, 0.1) is 5.82 Å². The topological polar surface area (TPSA) is 71.8 Å². The van der Waals surface area contributed by atoms with E-state index in [4.69, 9.17) is 9.47 Å². The number of benzene rings is 2. The Hall–Kier alpha value is -3.01. The maximum absolute atomic E-state index is 14.5. The molecule has 1 aromatic heterocycles. The maximum atomic E-state index is 14.5. The number of aromatic nitrogens is 2. The van der Waals surface area contributed by atoms with Gasteiger partial charge in [0.05, 0.1) is 12.2 Å². The number of nitrogens with zero attached hydrogens (tertiary/aromatic N) is 3. The third-order valence-corrected chi connectivity index (χ3v) is 6.91. The van der Waals surface area contributed by atoms with Gasteiger partial charge in [-0.05, 0) is 69.1 Å². The molecule has 1 saturated heterocycles. The third-order valence-electron chi connectivity index (χ3n) is 6.91. The fourth-order valence-corrected chi connectivity index (χ4v) is 5.01. The average Bonchev–Trinajstić information content (AvgIpc) is 3.35. The average molecular weight is 485 g/mol. The van der Waals surface area contributed by atoms with Gasteiger partial charge in [0.15, 0.2) is 0 Å². The van der Waals surface area contributed by atoms with Crippen LogP contribution in [0.5, 0.6) is 11.5 Å². The van der Waals surface area contributed by atoms with Crippen LogP contribution in [0.2, 0.25) is 0 Å². The summed E-state index contributed by atoms with van der Waals surface area (Å²) in [6, 6.07) is 9.47. The fourth-order valence-electron chi connectivity index (χ4n) is 5.01. The van der Waals surface area contributed by atoms with Crippen molar-refractivity contribution in [3.63, 3.8) is 0 Å². The van der Waals surface area contributed by atoms with Crippen molar-refractivity contribution in [3.05, 3.63) is 60.2 Å². The Morgan fingerprint density at radius 2 is 1.97 bits per heavy atom. The number of alkyl halides is 1. The highest BCUT2D eigenvalue weighted by atomic mass is 19.1. The largest absolute Gasteiger partial charge is 0.456 e. The van der Waals surface area contributed by atoms with E-state index >= 15 is 0 Å². The number of aliphatic hydroxyl groups excluding tert-OH is 1. The van der Waals surface area contributed by atoms with Gasteiger partial charge in [-0.1, -0.05) is 0 Å². The van der Waals surface area contributed by atoms with E-state index in [9.17, 15) is 13.9 Å². The molecular formula is C26H30F2N4O3. The molecule has 2 aliphatic rings. The predicted molar refractivity (Wildman–Crippen MR) is 129 cm³/mol. The van der Waals surface area contributed by atoms with Gasteiger partial charge in [-0.3, -0.25) is 4.68 Å². The van der Waals surface area contributed by atoms with E-state index in [-0.39, 0.29) is 17.9 Å². The summed E-state index contributed by atoms with van der Waals surface area (Å²) in [7, 11) is 1.46. The molecule has 1 fully saturated rings. The van der Waals surface area contributed by atoms with Gasteiger partial charge in [-0.25, -0.2) is 8.78 Å². The van der Waals surface area contributed by atoms with E-state index in [1.807, 2.05) is 30.2 Å². The lowest BCUT2D eigenvalue weighted by molar-refractivity contribution is -0.0795. The number of fused-ring (bicyclic) bond motifs is 1. The third kappa shape index (κ3) is 4.63. The second-order valence-electron chi connectivity index (χ2n) is 9.14. The highest BCUT2D eigenvalue weighted by molar-refractivity contribution is 5.78. The van der Waals surface area contributed by atoms with Crippen molar-refractivity contribution in [1.29, 1.82) is 0 Å². The van der Waals surface area contributed by atoms with Crippen LogP contribution in [0.4, 0.5) is 14.5 Å². The van der Waals surface area contributed by atoms with Crippen molar-refractivity contribution in [2.75, 3.05) is 25.1 Å². The smallest absolute Gasteiger partial charge is 0.237 e. The summed E-state index contributed by atoms with van der Waals surface area (Å²) in [5, 5.41) is 18.1. The summed E-state index contributed by atoms with van der Waals surface area (Å²) in [5.41, 5.74) is 3.32. The Balaban J connectivity index is 1.59. The molecule has 0 saturated carbocycles. The number of ether oxygens (including phenoxy) is 2. The van der Waals surface area contributed by atoms with Gasteiger partial charge in [0.1, 0.15) is 23.5 Å². The Bertz CT molecular complexity index is 1170. The summed E-state index contributed by atoms with van der Waals surface area (Å²) in [4.78, 5) is 1.83. The van der Waals surface area contributed by atoms with Crippen LogP contribution in [0.15, 0.2) is 48.8 Å². The predicted octanol–water partition coefficient (Wildman–Crippen LogP) is 4.42. The molecule has 35 heavy (non-hydrogen) atoms. The van der Waals surface area contributed by atoms with Crippen molar-refractivity contribution in [3.8, 4) is 22.6 Å². The zero-order valence-electron chi connectivity index (χ0n) is 19.8. The minimum atomic E-state index is -1.10. The van der Waals surface area contributed by atoms with Crippen molar-refractivity contribution >= 4 is 5.69 Å². The molecule has 4 atom stereocenters. The van der Waals surface area contributed by atoms with Crippen LogP contribution in [-0.4, -0.2) is 53.7 Å². The van der Waals surface area contributed by atoms with E-state index in [1.165, 1.54) is 19.2 Å². The van der Waals surface area contributed by atoms with Crippen LogP contribution in [0.1, 0.15) is 31.4 Å². The molecule has 3 aromatic rings. The molecule has 0 amide bonds. The Kier molecular flexibility index (Phi) is 6.73. The number of hydrogen-bond donors (Lipinski definition) is 2. The van der Waals surface area contributed by atoms with Gasteiger partial charge >= 0.3 is 0 Å². The lowest BCUT2D eigenvalue weighted by Gasteiger charge is -2.40. The number of nitrogens with one attached hydrogen (secondary N) is 1. The quantitative estimate of drug-likeness (QED) is 0.505. The minimum Gasteiger partial charge on any atom is -0.456 e. The Morgan fingerprint density at radius 1 is 1.17 bits per heavy atom. The van der Waals surface area contributed by atoms with Crippen molar-refractivity contribution < 1.29 is 23.4 Å². The zero-order valence-corrected chi connectivity index (χ0v) is 19.8. The lowest BCUT2D eigenvalue weighted by Crippen LogP contribution is -2.46. The number of halogens is 2. The summed E-state index contributed by atoms with van der Waals surface area (Å²) < 4.78 is 41.3. The molecular weight excluding hydrogens is 454 g/mol. The molecule has 9 heteroatoms. The van der Waals surface area contributed by atoms with Crippen LogP contribution in [0.25, 0.3) is 11.1 Å². The first kappa shape index (κ1) is 23.7. The van der Waals surface area contributed by atoms with Crippen LogP contribution in [-0.2, 0) is 11.2 Å². The Labute approximate surface area is 203 Å². The number of rotatable bonds is 6. The monoisotopic (exact) mass is 484 g/mol. The van der Waals surface area contributed by atoms with Crippen molar-refractivity contribution in [1.82, 2.24) is 15.1 Å². The number of aliphatic hydroxyl groups is 1. The first-order chi connectivity index (χ1) is 17.0. The maximum Gasteiger partial charge on any atom is 0.237 e. The molecule has 0 bridgehead atoms. The molecule has 7 nitrogen and oxygen atoms in total. The van der Waals surface area contributed by atoms with E-state index in [0.717, 1.165) is 41.8 Å². The highest BCUT2D eigenvalue weighted by Crippen LogP contribution is 2.45. The Morgan fingerprint density at radius 3 is 2.71 bits per heavy atom. The first-order valence-corrected chi connectivity index (χ1v) is 11.9. The summed E-state index contributed by atoms with van der Waals surface area (Å²) in [6.07, 6.45) is 3.64. The standard InChI is InChI=1S/C26H30F2N4O3/c1-16-3-8-21-23(32(16)26(33)34-2)10-9-20(25(21)35-19-6-4-18(27)5-7-19)17-13-30-31(15-17)24-11-12-29-14-22(24)28/h4-7,9-10,13,15-16,22,24,26,29,33H,3,8,11-12,14H2,1-2H3/t16-,22+,24+,26?/m0/s1. The lowest BCUT2D eigenvalue weighted by atomic mass is 9.92. The number of piperidine rings is 1. The van der Waals surface area contributed by atoms with Gasteiger partial charge < -0.3 is 24.8 Å². The number of anilines is 1. The fraction of sp³-hybridized carbons (Fsp3) is 0.423. The second-order valence-corrected chi connectivity index (χ2v) is 9.14. The van der Waals surface area contributed by atoms with E-state index in [1.54, 1.807) is 23.0 Å². The molecule has 0 aliphatic carbocycles. The summed E-state index contributed by atoms with van der Waals surface area (Å²) in [6.45, 7) is 3.09. The van der Waals surface area contributed by atoms with Crippen molar-refractivity contribution in [2.45, 2.75) is 50.9 Å². The van der Waals surface area contributed by atoms with Gasteiger partial charge in [-0.15, -0.1) is 0 Å². The van der Waals surface area contributed by atoms with E-state index < -0.39 is 12.6 Å². The van der Waals surface area contributed by atoms with Gasteiger partial charge in [-0.2, -0.15) is 5.10 Å². The number of methoxy groups -OCH3 is 1. The van der Waals surface area contributed by atoms with Gasteiger partial charge in [0.2, 0.25) is 6.41 Å². The molecule has 5 rings (SSSR count). The molecule has 0 radical (unpaired) electrons. The van der Waals surface area contributed by atoms with E-state index in [0.29, 0.717) is 24.5 Å². The molecule has 2 N–H and O–H groups in total. The molecule has 3 heterocycles. The number of hydrogen-bond acceptors (Lipinski definition) is 6. The van der Waals surface area contributed by atoms with Gasteiger partial charge in [0, 0.05) is 48.3 Å². The first-order valence-electron chi connectivity index (χ1n) is 11.9. The minimum absolute atomic E-state index is 0.0612.